The Bertz CT molecular complexity index is 828. The average molecular weight is 734 g/mol. The van der Waals surface area contributed by atoms with Gasteiger partial charge in [-0.2, -0.15) is 0 Å². The number of hydrogen-bond acceptors (Lipinski definition) is 5. The second-order valence-corrected chi connectivity index (χ2v) is 15.4. The summed E-state index contributed by atoms with van der Waals surface area (Å²) in [5.41, 5.74) is 0. The number of allylic oxidation sites excluding steroid dienone is 6. The van der Waals surface area contributed by atoms with Gasteiger partial charge in [0.15, 0.2) is 0 Å². The molecular formula is C46H87NO5. The highest BCUT2D eigenvalue weighted by atomic mass is 16.3. The van der Waals surface area contributed by atoms with Gasteiger partial charge in [0.1, 0.15) is 12.2 Å². The summed E-state index contributed by atoms with van der Waals surface area (Å²) >= 11 is 0. The van der Waals surface area contributed by atoms with E-state index in [-0.39, 0.29) is 0 Å². The molecule has 6 heteroatoms. The number of aliphatic hydroxyl groups excluding tert-OH is 4. The third-order valence-electron chi connectivity index (χ3n) is 10.3. The van der Waals surface area contributed by atoms with E-state index in [9.17, 15) is 25.2 Å². The minimum absolute atomic E-state index is 0.361. The second-order valence-electron chi connectivity index (χ2n) is 15.4. The first kappa shape index (κ1) is 50.5. The standard InChI is InChI=1S/C46H87NO5/c1-3-5-7-9-11-13-15-17-19-20-21-22-23-24-26-28-30-32-34-36-38-40-44(50)46(52)47-42(41-48)45(51)43(49)39-37-35-33-31-29-27-25-18-16-14-12-10-8-6-4-2/h10,12,18,25,31,33,42-45,48-51H,3-9,11,13-17,19-24,26-30,32,34-41H2,1-2H3,(H,47,52)/b12-10+,25-18+,33-31+. The number of hydrogen-bond donors (Lipinski definition) is 5. The van der Waals surface area contributed by atoms with Crippen LogP contribution in [0.15, 0.2) is 36.5 Å². The summed E-state index contributed by atoms with van der Waals surface area (Å²) in [6.45, 7) is 4.00. The highest BCUT2D eigenvalue weighted by Crippen LogP contribution is 2.16. The van der Waals surface area contributed by atoms with Crippen LogP contribution in [0.25, 0.3) is 0 Å². The first-order valence-electron chi connectivity index (χ1n) is 22.4. The number of nitrogens with one attached hydrogen (secondary N) is 1. The summed E-state index contributed by atoms with van der Waals surface area (Å²) in [7, 11) is 0. The van der Waals surface area contributed by atoms with Crippen LogP contribution >= 0.6 is 0 Å². The topological polar surface area (TPSA) is 110 Å². The minimum Gasteiger partial charge on any atom is -0.394 e. The van der Waals surface area contributed by atoms with Crippen LogP contribution < -0.4 is 5.32 Å². The van der Waals surface area contributed by atoms with Crippen LogP contribution in [0.1, 0.15) is 219 Å². The second kappa shape index (κ2) is 40.7. The molecule has 0 saturated heterocycles. The molecule has 6 nitrogen and oxygen atoms in total. The summed E-state index contributed by atoms with van der Waals surface area (Å²) in [6, 6.07) is -1.01. The first-order chi connectivity index (χ1) is 25.5. The zero-order chi connectivity index (χ0) is 38.2. The van der Waals surface area contributed by atoms with E-state index in [4.69, 9.17) is 0 Å². The Kier molecular flexibility index (Phi) is 39.6. The molecule has 306 valence electrons. The van der Waals surface area contributed by atoms with Gasteiger partial charge in [-0.3, -0.25) is 4.79 Å². The highest BCUT2D eigenvalue weighted by Gasteiger charge is 2.28. The average Bonchev–Trinajstić information content (AvgIpc) is 3.15. The number of unbranched alkanes of at least 4 members (excludes halogenated alkanes) is 25. The van der Waals surface area contributed by atoms with Gasteiger partial charge in [0.05, 0.1) is 18.8 Å². The lowest BCUT2D eigenvalue weighted by Gasteiger charge is -2.27. The fourth-order valence-electron chi connectivity index (χ4n) is 6.72. The molecule has 0 aliphatic rings. The van der Waals surface area contributed by atoms with E-state index in [0.29, 0.717) is 19.3 Å². The Morgan fingerprint density at radius 3 is 1.19 bits per heavy atom. The van der Waals surface area contributed by atoms with Crippen molar-refractivity contribution in [2.24, 2.45) is 0 Å². The van der Waals surface area contributed by atoms with Crippen molar-refractivity contribution in [3.8, 4) is 0 Å². The molecule has 0 heterocycles. The summed E-state index contributed by atoms with van der Waals surface area (Å²) in [5, 5.41) is 43.6. The summed E-state index contributed by atoms with van der Waals surface area (Å²) in [6.07, 6.45) is 47.5. The molecule has 0 spiro atoms. The van der Waals surface area contributed by atoms with E-state index in [0.717, 1.165) is 51.4 Å². The molecule has 0 aromatic heterocycles. The van der Waals surface area contributed by atoms with Gasteiger partial charge >= 0.3 is 0 Å². The summed E-state index contributed by atoms with van der Waals surface area (Å²) in [4.78, 5) is 12.5. The molecule has 5 N–H and O–H groups in total. The molecule has 0 saturated carbocycles. The van der Waals surface area contributed by atoms with Crippen LogP contribution in [-0.2, 0) is 4.79 Å². The van der Waals surface area contributed by atoms with Crippen LogP contribution in [-0.4, -0.2) is 57.3 Å². The van der Waals surface area contributed by atoms with Crippen molar-refractivity contribution in [2.75, 3.05) is 6.61 Å². The molecule has 0 fully saturated rings. The van der Waals surface area contributed by atoms with Crippen molar-refractivity contribution in [2.45, 2.75) is 244 Å². The van der Waals surface area contributed by atoms with Crippen molar-refractivity contribution < 1.29 is 25.2 Å². The monoisotopic (exact) mass is 734 g/mol. The maximum atomic E-state index is 12.5. The fourth-order valence-corrected chi connectivity index (χ4v) is 6.72. The lowest BCUT2D eigenvalue weighted by molar-refractivity contribution is -0.132. The van der Waals surface area contributed by atoms with Gasteiger partial charge in [0.25, 0.3) is 0 Å². The van der Waals surface area contributed by atoms with Crippen LogP contribution in [0.5, 0.6) is 0 Å². The Labute approximate surface area is 322 Å². The molecule has 0 aromatic carbocycles. The van der Waals surface area contributed by atoms with Gasteiger partial charge in [0.2, 0.25) is 5.91 Å². The van der Waals surface area contributed by atoms with E-state index in [1.165, 1.54) is 135 Å². The van der Waals surface area contributed by atoms with E-state index in [1.807, 2.05) is 0 Å². The highest BCUT2D eigenvalue weighted by molar-refractivity contribution is 5.80. The zero-order valence-electron chi connectivity index (χ0n) is 34.3. The van der Waals surface area contributed by atoms with E-state index in [1.54, 1.807) is 0 Å². The van der Waals surface area contributed by atoms with Crippen LogP contribution in [0.2, 0.25) is 0 Å². The largest absolute Gasteiger partial charge is 0.394 e. The lowest BCUT2D eigenvalue weighted by Crippen LogP contribution is -2.53. The van der Waals surface area contributed by atoms with Crippen LogP contribution in [0.4, 0.5) is 0 Å². The van der Waals surface area contributed by atoms with Crippen molar-refractivity contribution >= 4 is 5.91 Å². The number of rotatable bonds is 40. The van der Waals surface area contributed by atoms with Crippen LogP contribution in [0.3, 0.4) is 0 Å². The minimum atomic E-state index is -1.29. The van der Waals surface area contributed by atoms with Gasteiger partial charge in [0, 0.05) is 0 Å². The SMILES string of the molecule is CCCC/C=C/CC/C=C/CC/C=C/CCCC(O)C(O)C(CO)NC(=O)C(O)CCCCCCCCCCCCCCCCCCCCCCC. The van der Waals surface area contributed by atoms with Crippen LogP contribution in [0, 0.1) is 0 Å². The van der Waals surface area contributed by atoms with E-state index < -0.39 is 36.9 Å². The molecule has 0 aromatic rings. The summed E-state index contributed by atoms with van der Waals surface area (Å²) in [5.74, 6) is -0.598. The third-order valence-corrected chi connectivity index (χ3v) is 10.3. The number of aliphatic hydroxyl groups is 4. The molecule has 0 aliphatic carbocycles. The van der Waals surface area contributed by atoms with Gasteiger partial charge in [-0.25, -0.2) is 0 Å². The smallest absolute Gasteiger partial charge is 0.249 e. The van der Waals surface area contributed by atoms with Crippen molar-refractivity contribution in [3.05, 3.63) is 36.5 Å². The Balaban J connectivity index is 3.76. The molecule has 0 aliphatic heterocycles. The predicted molar refractivity (Wildman–Crippen MR) is 224 cm³/mol. The van der Waals surface area contributed by atoms with E-state index in [2.05, 4.69) is 55.6 Å². The van der Waals surface area contributed by atoms with Crippen molar-refractivity contribution in [3.63, 3.8) is 0 Å². The van der Waals surface area contributed by atoms with Gasteiger partial charge in [-0.05, 0) is 57.8 Å². The van der Waals surface area contributed by atoms with Crippen molar-refractivity contribution in [1.82, 2.24) is 5.32 Å². The fraction of sp³-hybridized carbons (Fsp3) is 0.848. The quantitative estimate of drug-likeness (QED) is 0.0318. The number of carbonyl (C=O) groups excluding carboxylic acids is 1. The molecule has 0 radical (unpaired) electrons. The molecule has 4 atom stereocenters. The summed E-state index contributed by atoms with van der Waals surface area (Å²) < 4.78 is 0. The van der Waals surface area contributed by atoms with Gasteiger partial charge < -0.3 is 25.7 Å². The maximum absolute atomic E-state index is 12.5. The first-order valence-corrected chi connectivity index (χ1v) is 22.4. The zero-order valence-corrected chi connectivity index (χ0v) is 34.3. The number of amides is 1. The predicted octanol–water partition coefficient (Wildman–Crippen LogP) is 11.7. The Hall–Kier alpha value is -1.47. The number of carbonyl (C=O) groups is 1. The lowest BCUT2D eigenvalue weighted by atomic mass is 10.00. The molecule has 52 heavy (non-hydrogen) atoms. The van der Waals surface area contributed by atoms with E-state index >= 15 is 0 Å². The normalized spacial score (nSPS) is 14.5. The third kappa shape index (κ3) is 34.3. The molecule has 0 rings (SSSR count). The molecule has 1 amide bonds. The van der Waals surface area contributed by atoms with Gasteiger partial charge in [-0.15, -0.1) is 0 Å². The molecular weight excluding hydrogens is 647 g/mol. The molecule has 0 bridgehead atoms. The Morgan fingerprint density at radius 1 is 0.462 bits per heavy atom. The van der Waals surface area contributed by atoms with Gasteiger partial charge in [-0.1, -0.05) is 198 Å². The Morgan fingerprint density at radius 2 is 0.808 bits per heavy atom. The maximum Gasteiger partial charge on any atom is 0.249 e. The molecule has 4 unspecified atom stereocenters. The van der Waals surface area contributed by atoms with Crippen molar-refractivity contribution in [1.29, 1.82) is 0 Å².